The van der Waals surface area contributed by atoms with Gasteiger partial charge in [0.05, 0.1) is 6.61 Å². The van der Waals surface area contributed by atoms with Gasteiger partial charge in [0, 0.05) is 32.3 Å². The van der Waals surface area contributed by atoms with Crippen LogP contribution >= 0.6 is 0 Å². The van der Waals surface area contributed by atoms with Crippen molar-refractivity contribution in [3.8, 4) is 11.1 Å². The maximum Gasteiger partial charge on any atom is 0.251 e. The third-order valence-electron chi connectivity index (χ3n) is 5.09. The van der Waals surface area contributed by atoms with Crippen LogP contribution in [-0.2, 0) is 4.74 Å². The Labute approximate surface area is 160 Å². The van der Waals surface area contributed by atoms with Crippen LogP contribution in [0.2, 0.25) is 0 Å². The summed E-state index contributed by atoms with van der Waals surface area (Å²) in [6, 6.07) is 13.7. The van der Waals surface area contributed by atoms with Crippen molar-refractivity contribution in [3.63, 3.8) is 0 Å². The van der Waals surface area contributed by atoms with Crippen LogP contribution in [0.3, 0.4) is 0 Å². The summed E-state index contributed by atoms with van der Waals surface area (Å²) in [4.78, 5) is 15.2. The molecule has 1 aliphatic heterocycles. The number of hydrogen-bond acceptors (Lipinski definition) is 3. The Kier molecular flexibility index (Phi) is 6.96. The van der Waals surface area contributed by atoms with Gasteiger partial charge in [-0.1, -0.05) is 30.3 Å². The minimum absolute atomic E-state index is 0.0797. The van der Waals surface area contributed by atoms with Crippen molar-refractivity contribution in [2.24, 2.45) is 5.92 Å². The first-order valence-electron chi connectivity index (χ1n) is 9.52. The van der Waals surface area contributed by atoms with Gasteiger partial charge in [-0.15, -0.1) is 0 Å². The number of nitrogens with one attached hydrogen (secondary N) is 1. The van der Waals surface area contributed by atoms with E-state index >= 15 is 0 Å². The van der Waals surface area contributed by atoms with Gasteiger partial charge < -0.3 is 15.0 Å². The smallest absolute Gasteiger partial charge is 0.251 e. The molecule has 2 aromatic rings. The van der Waals surface area contributed by atoms with Crippen LogP contribution in [0.1, 0.15) is 23.2 Å². The second-order valence-electron chi connectivity index (χ2n) is 7.06. The molecule has 0 aliphatic carbocycles. The Hall–Kier alpha value is -2.24. The number of likely N-dealkylation sites (tertiary alicyclic amines) is 1. The van der Waals surface area contributed by atoms with Gasteiger partial charge in [0.25, 0.3) is 5.91 Å². The first-order chi connectivity index (χ1) is 13.2. The summed E-state index contributed by atoms with van der Waals surface area (Å²) in [5.41, 5.74) is 2.28. The van der Waals surface area contributed by atoms with E-state index in [0.29, 0.717) is 18.0 Å². The predicted octanol–water partition coefficient (Wildman–Crippen LogP) is 3.58. The number of carbonyl (C=O) groups is 1. The second-order valence-corrected chi connectivity index (χ2v) is 7.06. The van der Waals surface area contributed by atoms with E-state index in [-0.39, 0.29) is 11.7 Å². The molecule has 1 atom stereocenters. The van der Waals surface area contributed by atoms with E-state index in [9.17, 15) is 9.18 Å². The SMILES string of the molecule is COCCN1CCCC(CNC(=O)c2ccccc2-c2ccc(F)cc2)C1. The largest absolute Gasteiger partial charge is 0.383 e. The number of ether oxygens (including phenoxy) is 1. The average Bonchev–Trinajstić information content (AvgIpc) is 2.71. The molecule has 1 fully saturated rings. The van der Waals surface area contributed by atoms with Gasteiger partial charge in [-0.3, -0.25) is 4.79 Å². The van der Waals surface area contributed by atoms with Crippen molar-refractivity contribution < 1.29 is 13.9 Å². The highest BCUT2D eigenvalue weighted by Gasteiger charge is 2.21. The van der Waals surface area contributed by atoms with Crippen molar-refractivity contribution in [1.82, 2.24) is 10.2 Å². The maximum atomic E-state index is 13.2. The number of benzene rings is 2. The minimum atomic E-state index is -0.281. The molecule has 1 saturated heterocycles. The number of methoxy groups -OCH3 is 1. The topological polar surface area (TPSA) is 41.6 Å². The van der Waals surface area contributed by atoms with Gasteiger partial charge in [-0.2, -0.15) is 0 Å². The highest BCUT2D eigenvalue weighted by molar-refractivity contribution is 6.00. The highest BCUT2D eigenvalue weighted by atomic mass is 19.1. The summed E-state index contributed by atoms with van der Waals surface area (Å²) in [6.07, 6.45) is 2.28. The van der Waals surface area contributed by atoms with Crippen molar-refractivity contribution in [3.05, 3.63) is 59.9 Å². The van der Waals surface area contributed by atoms with Gasteiger partial charge in [-0.25, -0.2) is 4.39 Å². The molecular formula is C22H27FN2O2. The fraction of sp³-hybridized carbons (Fsp3) is 0.409. The number of hydrogen-bond donors (Lipinski definition) is 1. The van der Waals surface area contributed by atoms with E-state index in [4.69, 9.17) is 4.74 Å². The number of rotatable bonds is 7. The van der Waals surface area contributed by atoms with E-state index in [1.54, 1.807) is 19.2 Å². The van der Waals surface area contributed by atoms with Crippen molar-refractivity contribution >= 4 is 5.91 Å². The number of piperidine rings is 1. The van der Waals surface area contributed by atoms with E-state index in [1.165, 1.54) is 12.1 Å². The zero-order valence-electron chi connectivity index (χ0n) is 15.8. The molecule has 0 bridgehead atoms. The summed E-state index contributed by atoms with van der Waals surface area (Å²) >= 11 is 0. The molecule has 1 unspecified atom stereocenters. The van der Waals surface area contributed by atoms with E-state index in [1.807, 2.05) is 24.3 Å². The van der Waals surface area contributed by atoms with Crippen LogP contribution in [0.25, 0.3) is 11.1 Å². The number of halogens is 1. The van der Waals surface area contributed by atoms with Crippen LogP contribution in [0, 0.1) is 11.7 Å². The van der Waals surface area contributed by atoms with Crippen LogP contribution in [-0.4, -0.2) is 50.7 Å². The van der Waals surface area contributed by atoms with Gasteiger partial charge in [-0.05, 0) is 54.6 Å². The summed E-state index contributed by atoms with van der Waals surface area (Å²) in [6.45, 7) is 4.43. The molecule has 0 aromatic heterocycles. The molecule has 1 N–H and O–H groups in total. The second kappa shape index (κ2) is 9.62. The van der Waals surface area contributed by atoms with E-state index in [2.05, 4.69) is 10.2 Å². The van der Waals surface area contributed by atoms with Crippen LogP contribution < -0.4 is 5.32 Å². The molecule has 3 rings (SSSR count). The van der Waals surface area contributed by atoms with E-state index in [0.717, 1.165) is 50.2 Å². The number of nitrogens with zero attached hydrogens (tertiary/aromatic N) is 1. The zero-order chi connectivity index (χ0) is 19.1. The predicted molar refractivity (Wildman–Crippen MR) is 105 cm³/mol. The molecule has 144 valence electrons. The third kappa shape index (κ3) is 5.37. The van der Waals surface area contributed by atoms with Crippen molar-refractivity contribution in [2.45, 2.75) is 12.8 Å². The molecular weight excluding hydrogens is 343 g/mol. The van der Waals surface area contributed by atoms with Gasteiger partial charge in [0.1, 0.15) is 5.82 Å². The fourth-order valence-electron chi connectivity index (χ4n) is 3.64. The quantitative estimate of drug-likeness (QED) is 0.810. The molecule has 2 aromatic carbocycles. The van der Waals surface area contributed by atoms with Gasteiger partial charge >= 0.3 is 0 Å². The molecule has 4 nitrogen and oxygen atoms in total. The van der Waals surface area contributed by atoms with E-state index < -0.39 is 0 Å². The molecule has 5 heteroatoms. The summed E-state index contributed by atoms with van der Waals surface area (Å²) in [5, 5.41) is 3.10. The summed E-state index contributed by atoms with van der Waals surface area (Å²) < 4.78 is 18.4. The number of amides is 1. The normalized spacial score (nSPS) is 17.6. The van der Waals surface area contributed by atoms with Crippen LogP contribution in [0.15, 0.2) is 48.5 Å². The monoisotopic (exact) mass is 370 g/mol. The van der Waals surface area contributed by atoms with Gasteiger partial charge in [0.15, 0.2) is 0 Å². The number of carbonyl (C=O) groups excluding carboxylic acids is 1. The first kappa shape index (κ1) is 19.5. The Morgan fingerprint density at radius 3 is 2.78 bits per heavy atom. The third-order valence-corrected chi connectivity index (χ3v) is 5.09. The Morgan fingerprint density at radius 2 is 2.00 bits per heavy atom. The standard InChI is InChI=1S/C22H27FN2O2/c1-27-14-13-25-12-4-5-17(16-25)15-24-22(26)21-7-3-2-6-20(21)18-8-10-19(23)11-9-18/h2-3,6-11,17H,4-5,12-16H2,1H3,(H,24,26). The zero-order valence-corrected chi connectivity index (χ0v) is 15.8. The maximum absolute atomic E-state index is 13.2. The molecule has 27 heavy (non-hydrogen) atoms. The molecule has 1 aliphatic rings. The lowest BCUT2D eigenvalue weighted by atomic mass is 9.97. The van der Waals surface area contributed by atoms with Crippen molar-refractivity contribution in [2.75, 3.05) is 39.9 Å². The van der Waals surface area contributed by atoms with Crippen molar-refractivity contribution in [1.29, 1.82) is 0 Å². The molecule has 0 radical (unpaired) electrons. The summed E-state index contributed by atoms with van der Waals surface area (Å²) in [7, 11) is 1.72. The summed E-state index contributed by atoms with van der Waals surface area (Å²) in [5.74, 6) is 0.0949. The van der Waals surface area contributed by atoms with Crippen LogP contribution in [0.4, 0.5) is 4.39 Å². The average molecular weight is 370 g/mol. The molecule has 0 spiro atoms. The lowest BCUT2D eigenvalue weighted by Crippen LogP contribution is -2.42. The molecule has 1 heterocycles. The first-order valence-corrected chi connectivity index (χ1v) is 9.52. The fourth-order valence-corrected chi connectivity index (χ4v) is 3.64. The highest BCUT2D eigenvalue weighted by Crippen LogP contribution is 2.24. The minimum Gasteiger partial charge on any atom is -0.383 e. The Balaban J connectivity index is 1.62. The van der Waals surface area contributed by atoms with Gasteiger partial charge in [0.2, 0.25) is 0 Å². The Bertz CT molecular complexity index is 748. The van der Waals surface area contributed by atoms with Crippen LogP contribution in [0.5, 0.6) is 0 Å². The Morgan fingerprint density at radius 1 is 1.22 bits per heavy atom. The molecule has 0 saturated carbocycles. The molecule has 1 amide bonds. The lowest BCUT2D eigenvalue weighted by molar-refractivity contribution is 0.0913. The lowest BCUT2D eigenvalue weighted by Gasteiger charge is -2.32.